The summed E-state index contributed by atoms with van der Waals surface area (Å²) in [5.41, 5.74) is 5.07. The number of pyridine rings is 1. The zero-order valence-corrected chi connectivity index (χ0v) is 18.2. The molecule has 0 atom stereocenters. The molecule has 7 heteroatoms. The number of hydrogen-bond acceptors (Lipinski definition) is 5. The van der Waals surface area contributed by atoms with Crippen LogP contribution in [0, 0.1) is 0 Å². The van der Waals surface area contributed by atoms with Crippen LogP contribution in [0.1, 0.15) is 29.9 Å². The highest BCUT2D eigenvalue weighted by molar-refractivity contribution is 6.45. The molecule has 1 fully saturated rings. The van der Waals surface area contributed by atoms with E-state index < -0.39 is 0 Å². The molecule has 4 aromatic rings. The Labute approximate surface area is 188 Å². The van der Waals surface area contributed by atoms with Crippen LogP contribution >= 0.6 is 0 Å². The van der Waals surface area contributed by atoms with Gasteiger partial charge in [-0.05, 0) is 68.0 Å². The van der Waals surface area contributed by atoms with Crippen LogP contribution in [-0.4, -0.2) is 44.9 Å². The number of rotatable bonds is 6. The lowest BCUT2D eigenvalue weighted by Crippen LogP contribution is -2.42. The van der Waals surface area contributed by atoms with E-state index in [4.69, 9.17) is 9.72 Å². The number of piperidine rings is 1. The van der Waals surface area contributed by atoms with Crippen molar-refractivity contribution in [1.82, 2.24) is 19.8 Å². The lowest BCUT2D eigenvalue weighted by Gasteiger charge is -2.32. The first-order valence-corrected chi connectivity index (χ1v) is 11.2. The van der Waals surface area contributed by atoms with E-state index >= 15 is 0 Å². The van der Waals surface area contributed by atoms with E-state index in [1.807, 2.05) is 43.4 Å². The third-order valence-electron chi connectivity index (χ3n) is 6.26. The van der Waals surface area contributed by atoms with Gasteiger partial charge in [-0.2, -0.15) is 0 Å². The number of aromatic amines is 1. The number of ether oxygens (including phenoxy) is 1. The summed E-state index contributed by atoms with van der Waals surface area (Å²) in [6.45, 7) is 4.18. The van der Waals surface area contributed by atoms with Gasteiger partial charge in [-0.25, -0.2) is 9.97 Å². The number of fused-ring (bicyclic) bond motifs is 1. The highest BCUT2D eigenvalue weighted by atomic mass is 16.5. The molecule has 0 spiro atoms. The predicted octanol–water partition coefficient (Wildman–Crippen LogP) is 4.49. The molecular weight excluding hydrogens is 399 g/mol. The molecule has 3 heterocycles. The molecule has 5 rings (SSSR count). The normalized spacial score (nSPS) is 15.2. The second-order valence-electron chi connectivity index (χ2n) is 8.46. The molecule has 1 saturated heterocycles. The van der Waals surface area contributed by atoms with Crippen molar-refractivity contribution >= 4 is 18.2 Å². The Morgan fingerprint density at radius 1 is 1.09 bits per heavy atom. The molecule has 0 aliphatic carbocycles. The number of nitrogens with one attached hydrogen (secondary N) is 1. The number of aromatic nitrogens is 3. The lowest BCUT2D eigenvalue weighted by atomic mass is 9.79. The first-order chi connectivity index (χ1) is 15.7. The zero-order chi connectivity index (χ0) is 21.9. The van der Waals surface area contributed by atoms with Crippen LogP contribution in [0.25, 0.3) is 22.6 Å². The fourth-order valence-corrected chi connectivity index (χ4v) is 4.32. The summed E-state index contributed by atoms with van der Waals surface area (Å²) < 4.78 is 5.83. The van der Waals surface area contributed by atoms with Crippen LogP contribution in [0.15, 0.2) is 66.9 Å². The smallest absolute Gasteiger partial charge is 0.376 e. The summed E-state index contributed by atoms with van der Waals surface area (Å²) in [5, 5.41) is 9.78. The monoisotopic (exact) mass is 426 g/mol. The van der Waals surface area contributed by atoms with E-state index in [2.05, 4.69) is 45.1 Å². The second-order valence-corrected chi connectivity index (χ2v) is 8.46. The van der Waals surface area contributed by atoms with E-state index in [9.17, 15) is 5.02 Å². The highest BCUT2D eigenvalue weighted by Crippen LogP contribution is 2.30. The maximum Gasteiger partial charge on any atom is 0.376 e. The average molecular weight is 426 g/mol. The summed E-state index contributed by atoms with van der Waals surface area (Å²) in [5.74, 6) is 2.15. The minimum Gasteiger partial charge on any atom is -0.489 e. The Morgan fingerprint density at radius 2 is 1.84 bits per heavy atom. The van der Waals surface area contributed by atoms with Crippen molar-refractivity contribution in [1.29, 1.82) is 0 Å². The van der Waals surface area contributed by atoms with Gasteiger partial charge in [0.2, 0.25) is 0 Å². The summed E-state index contributed by atoms with van der Waals surface area (Å²) in [7, 11) is -0.373. The first-order valence-electron chi connectivity index (χ1n) is 11.2. The Balaban J connectivity index is 1.27. The SMILES string of the molecule is CB(O)N1CCC(c2cnc3[nH]c(-c4ccc(COc5ccccc5)cc4)nc3c2)CC1. The largest absolute Gasteiger partial charge is 0.489 e. The Hall–Kier alpha value is -3.16. The molecule has 162 valence electrons. The molecule has 32 heavy (non-hydrogen) atoms. The van der Waals surface area contributed by atoms with Gasteiger partial charge < -0.3 is 19.6 Å². The average Bonchev–Trinajstić information content (AvgIpc) is 3.27. The molecule has 0 radical (unpaired) electrons. The van der Waals surface area contributed by atoms with Gasteiger partial charge in [0, 0.05) is 11.8 Å². The number of H-pyrrole nitrogens is 1. The van der Waals surface area contributed by atoms with Crippen LogP contribution in [-0.2, 0) is 6.61 Å². The maximum atomic E-state index is 9.78. The van der Waals surface area contributed by atoms with Crippen LogP contribution in [0.4, 0.5) is 0 Å². The van der Waals surface area contributed by atoms with Crippen molar-refractivity contribution < 1.29 is 9.76 Å². The molecule has 0 unspecified atom stereocenters. The van der Waals surface area contributed by atoms with Gasteiger partial charge in [0.25, 0.3) is 0 Å². The summed E-state index contributed by atoms with van der Waals surface area (Å²) in [6, 6.07) is 20.3. The van der Waals surface area contributed by atoms with E-state index in [1.165, 1.54) is 5.56 Å². The van der Waals surface area contributed by atoms with E-state index in [1.54, 1.807) is 0 Å². The zero-order valence-electron chi connectivity index (χ0n) is 18.2. The summed E-state index contributed by atoms with van der Waals surface area (Å²) in [4.78, 5) is 14.9. The minimum atomic E-state index is -0.373. The molecule has 1 aliphatic heterocycles. The van der Waals surface area contributed by atoms with Crippen molar-refractivity contribution in [3.8, 4) is 17.1 Å². The molecule has 2 aromatic heterocycles. The van der Waals surface area contributed by atoms with Gasteiger partial charge in [0.1, 0.15) is 23.7 Å². The van der Waals surface area contributed by atoms with Crippen molar-refractivity contribution in [3.05, 3.63) is 78.0 Å². The van der Waals surface area contributed by atoms with Gasteiger partial charge in [-0.15, -0.1) is 0 Å². The standard InChI is InChI=1S/C25H27BN4O2/c1-26(31)30-13-11-19(12-14-30)21-15-23-25(27-16-21)29-24(28-23)20-9-7-18(8-10-20)17-32-22-5-3-2-4-6-22/h2-10,15-16,19,31H,11-14,17H2,1H3,(H,27,28,29). The number of imidazole rings is 1. The van der Waals surface area contributed by atoms with Crippen molar-refractivity contribution in [2.75, 3.05) is 13.1 Å². The van der Waals surface area contributed by atoms with Gasteiger partial charge in [0.05, 0.1) is 0 Å². The molecule has 2 aromatic carbocycles. The Bertz CT molecular complexity index is 1170. The number of hydrogen-bond donors (Lipinski definition) is 2. The molecule has 0 bridgehead atoms. The van der Waals surface area contributed by atoms with E-state index in [-0.39, 0.29) is 7.05 Å². The molecule has 0 saturated carbocycles. The van der Waals surface area contributed by atoms with Gasteiger partial charge >= 0.3 is 7.05 Å². The van der Waals surface area contributed by atoms with Gasteiger partial charge in [0.15, 0.2) is 5.65 Å². The van der Waals surface area contributed by atoms with Gasteiger partial charge in [-0.3, -0.25) is 0 Å². The molecule has 1 aliphatic rings. The molecule has 0 amide bonds. The Kier molecular flexibility index (Phi) is 5.92. The second kappa shape index (κ2) is 9.14. The van der Waals surface area contributed by atoms with E-state index in [0.29, 0.717) is 12.5 Å². The Morgan fingerprint density at radius 3 is 2.56 bits per heavy atom. The minimum absolute atomic E-state index is 0.373. The fourth-order valence-electron chi connectivity index (χ4n) is 4.32. The number of para-hydroxylation sites is 1. The first kappa shape index (κ1) is 20.7. The maximum absolute atomic E-state index is 9.78. The summed E-state index contributed by atoms with van der Waals surface area (Å²) >= 11 is 0. The highest BCUT2D eigenvalue weighted by Gasteiger charge is 2.25. The van der Waals surface area contributed by atoms with Crippen LogP contribution in [0.2, 0.25) is 6.82 Å². The quantitative estimate of drug-likeness (QED) is 0.445. The van der Waals surface area contributed by atoms with Gasteiger partial charge in [-0.1, -0.05) is 42.5 Å². The lowest BCUT2D eigenvalue weighted by molar-refractivity contribution is 0.289. The summed E-state index contributed by atoms with van der Waals surface area (Å²) in [6.07, 6.45) is 4.03. The molecule has 6 nitrogen and oxygen atoms in total. The molecular formula is C25H27BN4O2. The van der Waals surface area contributed by atoms with Crippen molar-refractivity contribution in [3.63, 3.8) is 0 Å². The fraction of sp³-hybridized carbons (Fsp3) is 0.280. The number of nitrogens with zero attached hydrogens (tertiary/aromatic N) is 3. The van der Waals surface area contributed by atoms with Crippen LogP contribution in [0.3, 0.4) is 0 Å². The number of benzene rings is 2. The van der Waals surface area contributed by atoms with Crippen molar-refractivity contribution in [2.45, 2.75) is 32.2 Å². The third-order valence-corrected chi connectivity index (χ3v) is 6.26. The molecule has 2 N–H and O–H groups in total. The van der Waals surface area contributed by atoms with Crippen LogP contribution < -0.4 is 4.74 Å². The van der Waals surface area contributed by atoms with Crippen LogP contribution in [0.5, 0.6) is 5.75 Å². The predicted molar refractivity (Wildman–Crippen MR) is 127 cm³/mol. The van der Waals surface area contributed by atoms with E-state index in [0.717, 1.165) is 59.8 Å². The topological polar surface area (TPSA) is 74.3 Å². The van der Waals surface area contributed by atoms with Crippen molar-refractivity contribution in [2.24, 2.45) is 0 Å². The third kappa shape index (κ3) is 4.54.